The Hall–Kier alpha value is -2.48. The molecule has 1 aliphatic rings. The zero-order chi connectivity index (χ0) is 20.1. The van der Waals surface area contributed by atoms with Crippen molar-refractivity contribution in [1.29, 1.82) is 0 Å². The normalized spacial score (nSPS) is 17.4. The molecular weight excluding hydrogens is 358 g/mol. The Morgan fingerprint density at radius 3 is 2.79 bits per heavy atom. The molecule has 3 rings (SSSR count). The molecule has 0 radical (unpaired) electrons. The van der Waals surface area contributed by atoms with Crippen LogP contribution in [0.3, 0.4) is 0 Å². The highest BCUT2D eigenvalue weighted by Crippen LogP contribution is 2.19. The van der Waals surface area contributed by atoms with Gasteiger partial charge in [-0.05, 0) is 24.5 Å². The number of nitrogens with zero attached hydrogens (tertiary/aromatic N) is 4. The third kappa shape index (κ3) is 5.28. The van der Waals surface area contributed by atoms with E-state index in [1.54, 1.807) is 12.3 Å². The van der Waals surface area contributed by atoms with Crippen molar-refractivity contribution in [2.75, 3.05) is 24.6 Å². The van der Waals surface area contributed by atoms with Gasteiger partial charge >= 0.3 is 0 Å². The molecule has 0 spiro atoms. The summed E-state index contributed by atoms with van der Waals surface area (Å²) in [5.41, 5.74) is 0.503. The van der Waals surface area contributed by atoms with Crippen LogP contribution >= 0.6 is 0 Å². The van der Waals surface area contributed by atoms with Gasteiger partial charge in [-0.2, -0.15) is 4.98 Å². The number of rotatable bonds is 7. The van der Waals surface area contributed by atoms with E-state index in [9.17, 15) is 4.79 Å². The van der Waals surface area contributed by atoms with E-state index in [2.05, 4.69) is 39.2 Å². The second kappa shape index (κ2) is 9.14. The number of anilines is 1. The van der Waals surface area contributed by atoms with Crippen LogP contribution < -0.4 is 10.2 Å². The van der Waals surface area contributed by atoms with E-state index < -0.39 is 0 Å². The molecule has 1 atom stereocenters. The lowest BCUT2D eigenvalue weighted by Crippen LogP contribution is -2.43. The fourth-order valence-electron chi connectivity index (χ4n) is 3.14. The molecule has 152 valence electrons. The SMILES string of the molecule is CC(C)C[C@@H]1CN(c2ccc(C(=O)NCc3noc(C(C)C)n3)cn2)CCO1. The minimum absolute atomic E-state index is 0.161. The van der Waals surface area contributed by atoms with E-state index in [1.165, 1.54) is 0 Å². The predicted molar refractivity (Wildman–Crippen MR) is 105 cm³/mol. The molecule has 0 unspecified atom stereocenters. The molecule has 0 aliphatic carbocycles. The second-order valence-electron chi connectivity index (χ2n) is 7.86. The smallest absolute Gasteiger partial charge is 0.253 e. The molecule has 1 aliphatic heterocycles. The van der Waals surface area contributed by atoms with Gasteiger partial charge in [0, 0.05) is 25.2 Å². The summed E-state index contributed by atoms with van der Waals surface area (Å²) in [5, 5.41) is 6.67. The molecule has 3 heterocycles. The minimum atomic E-state index is -0.213. The van der Waals surface area contributed by atoms with E-state index in [4.69, 9.17) is 9.26 Å². The van der Waals surface area contributed by atoms with Crippen LogP contribution in [-0.4, -0.2) is 46.8 Å². The van der Waals surface area contributed by atoms with E-state index in [-0.39, 0.29) is 24.5 Å². The molecule has 1 N–H and O–H groups in total. The Kier molecular flexibility index (Phi) is 6.61. The third-order valence-corrected chi connectivity index (χ3v) is 4.59. The highest BCUT2D eigenvalue weighted by atomic mass is 16.5. The van der Waals surface area contributed by atoms with Crippen molar-refractivity contribution in [3.05, 3.63) is 35.6 Å². The molecule has 0 saturated carbocycles. The number of carbonyl (C=O) groups is 1. The number of hydrogen-bond donors (Lipinski definition) is 1. The zero-order valence-corrected chi connectivity index (χ0v) is 17.0. The topological polar surface area (TPSA) is 93.4 Å². The number of pyridine rings is 1. The second-order valence-corrected chi connectivity index (χ2v) is 7.86. The summed E-state index contributed by atoms with van der Waals surface area (Å²) in [5.74, 6) is 2.44. The molecule has 2 aromatic heterocycles. The van der Waals surface area contributed by atoms with Crippen molar-refractivity contribution in [1.82, 2.24) is 20.4 Å². The Labute approximate surface area is 165 Å². The van der Waals surface area contributed by atoms with Crippen molar-refractivity contribution in [2.24, 2.45) is 5.92 Å². The lowest BCUT2D eigenvalue weighted by Gasteiger charge is -2.34. The molecule has 0 aromatic carbocycles. The van der Waals surface area contributed by atoms with Crippen LogP contribution in [0.2, 0.25) is 0 Å². The number of nitrogens with one attached hydrogen (secondary N) is 1. The van der Waals surface area contributed by atoms with Gasteiger partial charge in [-0.1, -0.05) is 32.9 Å². The molecule has 1 amide bonds. The maximum Gasteiger partial charge on any atom is 0.253 e. The van der Waals surface area contributed by atoms with Crippen LogP contribution in [0.15, 0.2) is 22.9 Å². The molecule has 2 aromatic rings. The first-order chi connectivity index (χ1) is 13.4. The predicted octanol–water partition coefficient (Wildman–Crippen LogP) is 2.77. The summed E-state index contributed by atoms with van der Waals surface area (Å²) in [7, 11) is 0. The number of aromatic nitrogens is 3. The first kappa shape index (κ1) is 20.3. The molecule has 1 fully saturated rings. The van der Waals surface area contributed by atoms with Crippen LogP contribution in [0.5, 0.6) is 0 Å². The Morgan fingerprint density at radius 2 is 2.14 bits per heavy atom. The van der Waals surface area contributed by atoms with Gasteiger partial charge in [0.2, 0.25) is 5.89 Å². The van der Waals surface area contributed by atoms with Crippen LogP contribution in [0.1, 0.15) is 62.1 Å². The highest BCUT2D eigenvalue weighted by molar-refractivity contribution is 5.93. The molecule has 0 bridgehead atoms. The number of morpholine rings is 1. The van der Waals surface area contributed by atoms with Crippen LogP contribution in [-0.2, 0) is 11.3 Å². The standard InChI is InChI=1S/C20H29N5O3/c1-13(2)9-16-12-25(7-8-27-16)18-6-5-15(10-21-18)19(26)22-11-17-23-20(14(3)4)28-24-17/h5-6,10,13-14,16H,7-9,11-12H2,1-4H3,(H,22,26)/t16-/m1/s1. The Balaban J connectivity index is 1.55. The van der Waals surface area contributed by atoms with Gasteiger partial charge in [0.25, 0.3) is 5.91 Å². The summed E-state index contributed by atoms with van der Waals surface area (Å²) < 4.78 is 11.0. The van der Waals surface area contributed by atoms with Gasteiger partial charge in [-0.3, -0.25) is 4.79 Å². The largest absolute Gasteiger partial charge is 0.375 e. The Bertz CT molecular complexity index is 772. The number of hydrogen-bond acceptors (Lipinski definition) is 7. The van der Waals surface area contributed by atoms with Gasteiger partial charge in [0.1, 0.15) is 5.82 Å². The first-order valence-corrected chi connectivity index (χ1v) is 9.85. The van der Waals surface area contributed by atoms with Gasteiger partial charge < -0.3 is 19.5 Å². The molecule has 8 nitrogen and oxygen atoms in total. The average molecular weight is 387 g/mol. The summed E-state index contributed by atoms with van der Waals surface area (Å²) in [6, 6.07) is 3.68. The highest BCUT2D eigenvalue weighted by Gasteiger charge is 2.22. The minimum Gasteiger partial charge on any atom is -0.375 e. The monoisotopic (exact) mass is 387 g/mol. The fourth-order valence-corrected chi connectivity index (χ4v) is 3.14. The fraction of sp³-hybridized carbons (Fsp3) is 0.600. The quantitative estimate of drug-likeness (QED) is 0.781. The number of amides is 1. The third-order valence-electron chi connectivity index (χ3n) is 4.59. The van der Waals surface area contributed by atoms with Crippen molar-refractivity contribution < 1.29 is 14.1 Å². The summed E-state index contributed by atoms with van der Waals surface area (Å²) >= 11 is 0. The van der Waals surface area contributed by atoms with E-state index in [0.29, 0.717) is 29.8 Å². The van der Waals surface area contributed by atoms with Crippen molar-refractivity contribution in [3.63, 3.8) is 0 Å². The van der Waals surface area contributed by atoms with E-state index in [1.807, 2.05) is 19.9 Å². The molecular formula is C20H29N5O3. The summed E-state index contributed by atoms with van der Waals surface area (Å²) in [6.07, 6.45) is 2.86. The van der Waals surface area contributed by atoms with Crippen molar-refractivity contribution in [2.45, 2.75) is 52.7 Å². The molecule has 28 heavy (non-hydrogen) atoms. The summed E-state index contributed by atoms with van der Waals surface area (Å²) in [4.78, 5) is 23.3. The molecule has 1 saturated heterocycles. The first-order valence-electron chi connectivity index (χ1n) is 9.85. The Morgan fingerprint density at radius 1 is 1.32 bits per heavy atom. The lowest BCUT2D eigenvalue weighted by atomic mass is 10.0. The number of ether oxygens (including phenoxy) is 1. The van der Waals surface area contributed by atoms with Crippen LogP contribution in [0.4, 0.5) is 5.82 Å². The van der Waals surface area contributed by atoms with E-state index in [0.717, 1.165) is 25.3 Å². The zero-order valence-electron chi connectivity index (χ0n) is 17.0. The summed E-state index contributed by atoms with van der Waals surface area (Å²) in [6.45, 7) is 10.9. The van der Waals surface area contributed by atoms with Crippen LogP contribution in [0, 0.1) is 5.92 Å². The average Bonchev–Trinajstić information content (AvgIpc) is 3.15. The van der Waals surface area contributed by atoms with Gasteiger partial charge in [0.15, 0.2) is 5.82 Å². The number of carbonyl (C=O) groups excluding carboxylic acids is 1. The molecule has 8 heteroatoms. The van der Waals surface area contributed by atoms with Crippen LogP contribution in [0.25, 0.3) is 0 Å². The van der Waals surface area contributed by atoms with Crippen molar-refractivity contribution in [3.8, 4) is 0 Å². The van der Waals surface area contributed by atoms with Gasteiger partial charge in [0.05, 0.1) is 24.8 Å². The van der Waals surface area contributed by atoms with Gasteiger partial charge in [-0.15, -0.1) is 0 Å². The maximum absolute atomic E-state index is 12.3. The lowest BCUT2D eigenvalue weighted by molar-refractivity contribution is 0.0273. The van der Waals surface area contributed by atoms with Gasteiger partial charge in [-0.25, -0.2) is 4.98 Å². The maximum atomic E-state index is 12.3. The van der Waals surface area contributed by atoms with Crippen molar-refractivity contribution >= 4 is 11.7 Å². The van der Waals surface area contributed by atoms with E-state index >= 15 is 0 Å².